The Morgan fingerprint density at radius 2 is 1.57 bits per heavy atom. The molecule has 0 atom stereocenters. The predicted octanol–water partition coefficient (Wildman–Crippen LogP) is 5.87. The summed E-state index contributed by atoms with van der Waals surface area (Å²) in [6.07, 6.45) is -1.18. The summed E-state index contributed by atoms with van der Waals surface area (Å²) < 4.78 is 87.2. The van der Waals surface area contributed by atoms with Gasteiger partial charge in [0.25, 0.3) is 5.91 Å². The van der Waals surface area contributed by atoms with E-state index in [0.717, 1.165) is 31.4 Å². The van der Waals surface area contributed by atoms with Crippen LogP contribution in [-0.4, -0.2) is 36.5 Å². The zero-order chi connectivity index (χ0) is 26.7. The van der Waals surface area contributed by atoms with Crippen LogP contribution in [0, 0.1) is 11.6 Å². The Bertz CT molecular complexity index is 1460. The molecular weight excluding hydrogens is 505 g/mol. The Hall–Kier alpha value is -4.68. The molecular formula is C24H16F5N3O5. The second-order valence-electron chi connectivity index (χ2n) is 7.28. The molecule has 1 amide bonds. The molecule has 13 heteroatoms. The zero-order valence-corrected chi connectivity index (χ0v) is 19.0. The van der Waals surface area contributed by atoms with Gasteiger partial charge in [0.1, 0.15) is 11.5 Å². The van der Waals surface area contributed by atoms with Crippen LogP contribution in [0.5, 0.6) is 28.7 Å². The van der Waals surface area contributed by atoms with Crippen molar-refractivity contribution >= 4 is 22.5 Å². The molecule has 0 saturated carbocycles. The molecule has 0 aliphatic carbocycles. The van der Waals surface area contributed by atoms with Gasteiger partial charge in [-0.05, 0) is 18.2 Å². The SMILES string of the molecule is COc1cc2c(Oc3c(F)cc(NC(=O)c4cnccc4OC)cc3F)ccnc2cc1OC(F)(F)F. The first-order valence-electron chi connectivity index (χ1n) is 10.3. The first-order chi connectivity index (χ1) is 17.6. The summed E-state index contributed by atoms with van der Waals surface area (Å²) in [6.45, 7) is 0. The van der Waals surface area contributed by atoms with Crippen molar-refractivity contribution in [2.24, 2.45) is 0 Å². The summed E-state index contributed by atoms with van der Waals surface area (Å²) in [6, 6.07) is 6.45. The number of halogens is 5. The van der Waals surface area contributed by atoms with Gasteiger partial charge in [-0.3, -0.25) is 14.8 Å². The number of nitrogens with one attached hydrogen (secondary N) is 1. The van der Waals surface area contributed by atoms with E-state index in [0.29, 0.717) is 0 Å². The predicted molar refractivity (Wildman–Crippen MR) is 120 cm³/mol. The summed E-state index contributed by atoms with van der Waals surface area (Å²) in [5.74, 6) is -4.76. The maximum Gasteiger partial charge on any atom is 0.573 e. The molecule has 192 valence electrons. The van der Waals surface area contributed by atoms with Crippen LogP contribution in [0.3, 0.4) is 0 Å². The number of carbonyl (C=O) groups is 1. The molecule has 4 aromatic rings. The van der Waals surface area contributed by atoms with Crippen LogP contribution in [0.25, 0.3) is 10.9 Å². The number of anilines is 1. The zero-order valence-electron chi connectivity index (χ0n) is 19.0. The molecule has 0 aliphatic heterocycles. The topological polar surface area (TPSA) is 91.8 Å². The van der Waals surface area contributed by atoms with E-state index in [1.54, 1.807) is 0 Å². The molecule has 0 unspecified atom stereocenters. The fourth-order valence-corrected chi connectivity index (χ4v) is 3.35. The van der Waals surface area contributed by atoms with E-state index in [9.17, 15) is 26.7 Å². The van der Waals surface area contributed by atoms with E-state index in [1.807, 2.05) is 0 Å². The summed E-state index contributed by atoms with van der Waals surface area (Å²) in [4.78, 5) is 20.3. The van der Waals surface area contributed by atoms with Crippen molar-refractivity contribution in [1.29, 1.82) is 0 Å². The lowest BCUT2D eigenvalue weighted by atomic mass is 10.1. The lowest BCUT2D eigenvalue weighted by molar-refractivity contribution is -0.275. The molecule has 1 N–H and O–H groups in total. The smallest absolute Gasteiger partial charge is 0.496 e. The minimum absolute atomic E-state index is 0.0207. The lowest BCUT2D eigenvalue weighted by Crippen LogP contribution is -2.17. The quantitative estimate of drug-likeness (QED) is 0.304. The largest absolute Gasteiger partial charge is 0.573 e. The lowest BCUT2D eigenvalue weighted by Gasteiger charge is -2.15. The molecule has 0 fully saturated rings. The fraction of sp³-hybridized carbons (Fsp3) is 0.125. The molecule has 0 bridgehead atoms. The van der Waals surface area contributed by atoms with Crippen molar-refractivity contribution in [2.45, 2.75) is 6.36 Å². The van der Waals surface area contributed by atoms with E-state index < -0.39 is 35.4 Å². The van der Waals surface area contributed by atoms with Gasteiger partial charge in [-0.15, -0.1) is 13.2 Å². The maximum atomic E-state index is 14.9. The number of hydrogen-bond acceptors (Lipinski definition) is 7. The van der Waals surface area contributed by atoms with Gasteiger partial charge in [0.2, 0.25) is 0 Å². The van der Waals surface area contributed by atoms with Gasteiger partial charge in [0.15, 0.2) is 28.9 Å². The molecule has 2 aromatic heterocycles. The van der Waals surface area contributed by atoms with Gasteiger partial charge in [-0.25, -0.2) is 8.78 Å². The molecule has 0 aliphatic rings. The third-order valence-electron chi connectivity index (χ3n) is 4.93. The van der Waals surface area contributed by atoms with E-state index in [2.05, 4.69) is 20.0 Å². The molecule has 0 spiro atoms. The number of amides is 1. The second kappa shape index (κ2) is 10.1. The van der Waals surface area contributed by atoms with Crippen molar-refractivity contribution in [1.82, 2.24) is 9.97 Å². The van der Waals surface area contributed by atoms with E-state index in [-0.39, 0.29) is 39.4 Å². The number of aromatic nitrogens is 2. The highest BCUT2D eigenvalue weighted by atomic mass is 19.4. The highest BCUT2D eigenvalue weighted by Gasteiger charge is 2.33. The normalized spacial score (nSPS) is 11.2. The number of ether oxygens (including phenoxy) is 4. The van der Waals surface area contributed by atoms with Crippen molar-refractivity contribution < 1.29 is 45.7 Å². The molecule has 37 heavy (non-hydrogen) atoms. The van der Waals surface area contributed by atoms with Crippen LogP contribution in [-0.2, 0) is 0 Å². The van der Waals surface area contributed by atoms with Gasteiger partial charge in [-0.2, -0.15) is 0 Å². The third-order valence-corrected chi connectivity index (χ3v) is 4.93. The van der Waals surface area contributed by atoms with Crippen molar-refractivity contribution in [3.63, 3.8) is 0 Å². The van der Waals surface area contributed by atoms with Gasteiger partial charge in [0, 0.05) is 47.9 Å². The number of alkyl halides is 3. The summed E-state index contributed by atoms with van der Waals surface area (Å²) in [7, 11) is 2.47. The summed E-state index contributed by atoms with van der Waals surface area (Å²) >= 11 is 0. The van der Waals surface area contributed by atoms with Gasteiger partial charge in [-0.1, -0.05) is 0 Å². The van der Waals surface area contributed by atoms with Crippen LogP contribution >= 0.6 is 0 Å². The molecule has 0 saturated heterocycles. The van der Waals surface area contributed by atoms with E-state index in [1.165, 1.54) is 37.8 Å². The average molecular weight is 521 g/mol. The fourth-order valence-electron chi connectivity index (χ4n) is 3.35. The van der Waals surface area contributed by atoms with Gasteiger partial charge >= 0.3 is 6.36 Å². The minimum atomic E-state index is -4.99. The van der Waals surface area contributed by atoms with Gasteiger partial charge < -0.3 is 24.3 Å². The number of nitrogens with zero attached hydrogens (tertiary/aromatic N) is 2. The summed E-state index contributed by atoms with van der Waals surface area (Å²) in [5.41, 5.74) is -0.196. The molecule has 8 nitrogen and oxygen atoms in total. The Balaban J connectivity index is 1.64. The van der Waals surface area contributed by atoms with Crippen LogP contribution in [0.1, 0.15) is 10.4 Å². The number of benzene rings is 2. The van der Waals surface area contributed by atoms with Crippen LogP contribution in [0.15, 0.2) is 55.0 Å². The number of methoxy groups -OCH3 is 2. The van der Waals surface area contributed by atoms with Crippen molar-refractivity contribution in [3.05, 3.63) is 72.2 Å². The highest BCUT2D eigenvalue weighted by molar-refractivity contribution is 6.06. The first-order valence-corrected chi connectivity index (χ1v) is 10.3. The number of pyridine rings is 2. The van der Waals surface area contributed by atoms with E-state index >= 15 is 0 Å². The number of hydrogen-bond donors (Lipinski definition) is 1. The van der Waals surface area contributed by atoms with Gasteiger partial charge in [0.05, 0.1) is 25.3 Å². The molecule has 2 heterocycles. The number of carbonyl (C=O) groups excluding carboxylic acids is 1. The van der Waals surface area contributed by atoms with Crippen molar-refractivity contribution in [2.75, 3.05) is 19.5 Å². The van der Waals surface area contributed by atoms with Crippen LogP contribution < -0.4 is 24.3 Å². The monoisotopic (exact) mass is 521 g/mol. The minimum Gasteiger partial charge on any atom is -0.496 e. The van der Waals surface area contributed by atoms with Crippen molar-refractivity contribution in [3.8, 4) is 28.7 Å². The van der Waals surface area contributed by atoms with Crippen LogP contribution in [0.2, 0.25) is 0 Å². The number of rotatable bonds is 7. The Labute approximate surface area is 205 Å². The number of fused-ring (bicyclic) bond motifs is 1. The molecule has 2 aromatic carbocycles. The van der Waals surface area contributed by atoms with E-state index in [4.69, 9.17) is 14.2 Å². The maximum absolute atomic E-state index is 14.9. The highest BCUT2D eigenvalue weighted by Crippen LogP contribution is 2.40. The Kier molecular flexibility index (Phi) is 6.96. The Morgan fingerprint density at radius 1 is 0.892 bits per heavy atom. The Morgan fingerprint density at radius 3 is 2.22 bits per heavy atom. The summed E-state index contributed by atoms with van der Waals surface area (Å²) in [5, 5.41) is 2.44. The third kappa shape index (κ3) is 5.60. The average Bonchev–Trinajstić information content (AvgIpc) is 2.84. The standard InChI is InChI=1S/C24H16F5N3O5/c1-34-18-3-5-30-11-14(18)23(33)32-12-7-15(25)22(16(26)8-12)36-19-4-6-31-17-10-21(37-24(27,28)29)20(35-2)9-13(17)19/h3-11H,1-2H3,(H,32,33). The second-order valence-corrected chi connectivity index (χ2v) is 7.28. The first kappa shape index (κ1) is 25.4. The van der Waals surface area contributed by atoms with Crippen LogP contribution in [0.4, 0.5) is 27.6 Å². The molecule has 4 rings (SSSR count). The molecule has 0 radical (unpaired) electrons.